The van der Waals surface area contributed by atoms with Gasteiger partial charge in [-0.05, 0) is 31.9 Å². The Balaban J connectivity index is 1.65. The number of phenols is 4. The number of carbonyl (C=O) groups excluding carboxylic acids is 3. The van der Waals surface area contributed by atoms with E-state index in [0.717, 1.165) is 43.9 Å². The van der Waals surface area contributed by atoms with Crippen LogP contribution in [-0.2, 0) is 6.42 Å². The zero-order chi connectivity index (χ0) is 36.2. The first-order valence-corrected chi connectivity index (χ1v) is 14.8. The highest BCUT2D eigenvalue weighted by Crippen LogP contribution is 2.40. The molecule has 0 radical (unpaired) electrons. The van der Waals surface area contributed by atoms with E-state index < -0.39 is 107 Å². The zero-order valence-corrected chi connectivity index (χ0v) is 26.1. The van der Waals surface area contributed by atoms with Crippen molar-refractivity contribution < 1.29 is 53.5 Å². The van der Waals surface area contributed by atoms with E-state index in [-0.39, 0.29) is 23.3 Å². The summed E-state index contributed by atoms with van der Waals surface area (Å²) in [5, 5.41) is 52.3. The van der Waals surface area contributed by atoms with Crippen molar-refractivity contribution in [2.75, 3.05) is 6.54 Å². The number of carbonyl (C=O) groups is 4. The molecule has 0 saturated heterocycles. The van der Waals surface area contributed by atoms with Gasteiger partial charge in [-0.2, -0.15) is 0 Å². The van der Waals surface area contributed by atoms with Crippen molar-refractivity contribution in [2.24, 2.45) is 0 Å². The lowest BCUT2D eigenvalue weighted by Crippen LogP contribution is -2.27. The molecule has 6 rings (SSSR count). The maximum absolute atomic E-state index is 14.3. The fraction of sp³-hybridized carbons (Fsp3) is 0.111. The number of carboxylic acids is 1. The molecule has 252 valence electrons. The van der Waals surface area contributed by atoms with Gasteiger partial charge in [0, 0.05) is 29.8 Å². The number of ketones is 2. The van der Waals surface area contributed by atoms with E-state index in [1.807, 2.05) is 30.3 Å². The van der Waals surface area contributed by atoms with Gasteiger partial charge in [-0.1, -0.05) is 30.3 Å². The molecule has 50 heavy (non-hydrogen) atoms. The van der Waals surface area contributed by atoms with Crippen LogP contribution in [0.5, 0.6) is 23.0 Å². The molecule has 0 saturated carbocycles. The van der Waals surface area contributed by atoms with Gasteiger partial charge in [-0.3, -0.25) is 24.0 Å². The highest BCUT2D eigenvalue weighted by atomic mass is 16.4. The second-order valence-corrected chi connectivity index (χ2v) is 11.4. The van der Waals surface area contributed by atoms with Gasteiger partial charge in [0.1, 0.15) is 28.6 Å². The van der Waals surface area contributed by atoms with E-state index in [1.54, 1.807) is 0 Å². The Hall–Kier alpha value is -6.96. The van der Waals surface area contributed by atoms with Crippen LogP contribution in [0, 0.1) is 0 Å². The van der Waals surface area contributed by atoms with Crippen LogP contribution in [0.3, 0.4) is 0 Å². The van der Waals surface area contributed by atoms with E-state index in [1.165, 1.54) is 0 Å². The van der Waals surface area contributed by atoms with Crippen molar-refractivity contribution in [3.63, 3.8) is 0 Å². The summed E-state index contributed by atoms with van der Waals surface area (Å²) < 4.78 is 11.4. The van der Waals surface area contributed by atoms with E-state index >= 15 is 0 Å². The Bertz CT molecular complexity index is 2600. The van der Waals surface area contributed by atoms with Crippen molar-refractivity contribution in [2.45, 2.75) is 20.3 Å². The fourth-order valence-electron chi connectivity index (χ4n) is 5.94. The monoisotopic (exact) mass is 679 g/mol. The summed E-state index contributed by atoms with van der Waals surface area (Å²) in [6.45, 7) is 2.19. The maximum Gasteiger partial charge on any atom is 0.340 e. The third-order valence-corrected chi connectivity index (χ3v) is 8.21. The molecule has 0 aliphatic rings. The molecule has 6 aromatic rings. The average Bonchev–Trinajstić information content (AvgIpc) is 3.06. The number of hydrogen-bond donors (Lipinski definition) is 6. The number of aromatic carboxylic acids is 1. The molecule has 0 fully saturated rings. The van der Waals surface area contributed by atoms with Crippen molar-refractivity contribution >= 4 is 56.4 Å². The molecule has 2 aromatic heterocycles. The molecule has 0 bridgehead atoms. The van der Waals surface area contributed by atoms with Gasteiger partial charge in [0.2, 0.25) is 10.9 Å². The molecule has 0 aliphatic heterocycles. The minimum Gasteiger partial charge on any atom is -0.504 e. The Morgan fingerprint density at radius 3 is 2.00 bits per heavy atom. The highest BCUT2D eigenvalue weighted by molar-refractivity contribution is 6.19. The van der Waals surface area contributed by atoms with Crippen molar-refractivity contribution in [3.05, 3.63) is 103 Å². The van der Waals surface area contributed by atoms with E-state index in [4.69, 9.17) is 8.83 Å². The Morgan fingerprint density at radius 2 is 1.38 bits per heavy atom. The number of carboxylic acid groups (broad SMARTS) is 1. The number of phenolic OH excluding ortho intramolecular Hbond substituents is 3. The van der Waals surface area contributed by atoms with Crippen LogP contribution >= 0.6 is 0 Å². The third kappa shape index (κ3) is 5.24. The molecule has 6 N–H and O–H groups in total. The molecule has 0 atom stereocenters. The van der Waals surface area contributed by atoms with Crippen molar-refractivity contribution in [1.82, 2.24) is 5.32 Å². The van der Waals surface area contributed by atoms with Crippen LogP contribution in [-0.4, -0.2) is 55.5 Å². The van der Waals surface area contributed by atoms with Crippen LogP contribution in [0.1, 0.15) is 60.8 Å². The van der Waals surface area contributed by atoms with Gasteiger partial charge < -0.3 is 39.7 Å². The summed E-state index contributed by atoms with van der Waals surface area (Å²) >= 11 is 0. The second kappa shape index (κ2) is 12.2. The highest BCUT2D eigenvalue weighted by Gasteiger charge is 2.31. The van der Waals surface area contributed by atoms with Crippen LogP contribution in [0.2, 0.25) is 0 Å². The lowest BCUT2D eigenvalue weighted by molar-refractivity contribution is 0.0694. The van der Waals surface area contributed by atoms with Crippen LogP contribution in [0.25, 0.3) is 44.0 Å². The maximum atomic E-state index is 14.3. The molecule has 14 nitrogen and oxygen atoms in total. The summed E-state index contributed by atoms with van der Waals surface area (Å²) in [5.74, 6) is -8.10. The molecule has 4 aromatic carbocycles. The molecule has 2 heterocycles. The summed E-state index contributed by atoms with van der Waals surface area (Å²) in [7, 11) is 0. The van der Waals surface area contributed by atoms with E-state index in [9.17, 15) is 54.3 Å². The van der Waals surface area contributed by atoms with Gasteiger partial charge >= 0.3 is 5.97 Å². The summed E-state index contributed by atoms with van der Waals surface area (Å²) in [6.07, 6.45) is 1.25. The summed E-state index contributed by atoms with van der Waals surface area (Å²) in [5.41, 5.74) is -5.92. The van der Waals surface area contributed by atoms with Crippen molar-refractivity contribution in [1.29, 1.82) is 0 Å². The summed E-state index contributed by atoms with van der Waals surface area (Å²) in [6, 6.07) is 11.8. The van der Waals surface area contributed by atoms with Gasteiger partial charge in [-0.15, -0.1) is 0 Å². The predicted molar refractivity (Wildman–Crippen MR) is 178 cm³/mol. The smallest absolute Gasteiger partial charge is 0.340 e. The van der Waals surface area contributed by atoms with Gasteiger partial charge in [0.05, 0.1) is 32.8 Å². The number of rotatable bonds is 8. The standard InChI is InChI=1S/C36H25NO13/c1-14(38)17-10-18-30(42)27-23(12-21(41)33(45)29(27)36(47)48)50-34(18)24(15(2)39)25(17)19-13-49-22-11-20(40)32(44)28(26(22)31(19)43)35(46)37-9-8-16-6-4-3-5-7-16/h3-7,10-13,40-41,44-45H,8-9H2,1-2H3,(H,37,46)(H,47,48). The number of benzene rings is 4. The molecule has 14 heteroatoms. The first-order valence-electron chi connectivity index (χ1n) is 14.8. The van der Waals surface area contributed by atoms with E-state index in [2.05, 4.69) is 5.32 Å². The first-order chi connectivity index (χ1) is 23.7. The Kier molecular flexibility index (Phi) is 8.07. The minimum atomic E-state index is -1.78. The van der Waals surface area contributed by atoms with Crippen LogP contribution in [0.15, 0.2) is 73.2 Å². The molecular formula is C36H25NO13. The molecule has 0 aliphatic carbocycles. The normalized spacial score (nSPS) is 11.2. The number of hydrogen-bond acceptors (Lipinski definition) is 12. The SMILES string of the molecule is CC(=O)c1cc2c(=O)c3c(C(=O)O)c(O)c(O)cc3oc2c(C(C)=O)c1-c1coc2cc(O)c(O)c(C(=O)NCCc3ccccc3)c2c1=O. The van der Waals surface area contributed by atoms with Crippen LogP contribution < -0.4 is 16.2 Å². The largest absolute Gasteiger partial charge is 0.504 e. The average molecular weight is 680 g/mol. The Morgan fingerprint density at radius 1 is 0.760 bits per heavy atom. The lowest BCUT2D eigenvalue weighted by atomic mass is 9.88. The number of amides is 1. The van der Waals surface area contributed by atoms with Gasteiger partial charge in [-0.25, -0.2) is 4.79 Å². The molecular weight excluding hydrogens is 654 g/mol. The van der Waals surface area contributed by atoms with E-state index in [0.29, 0.717) is 6.42 Å². The molecule has 0 unspecified atom stereocenters. The molecule has 1 amide bonds. The second-order valence-electron chi connectivity index (χ2n) is 11.4. The lowest BCUT2D eigenvalue weighted by Gasteiger charge is -2.16. The molecule has 0 spiro atoms. The van der Waals surface area contributed by atoms with Gasteiger partial charge in [0.15, 0.2) is 34.6 Å². The third-order valence-electron chi connectivity index (χ3n) is 8.21. The topological polar surface area (TPSA) is 242 Å². The fourth-order valence-corrected chi connectivity index (χ4v) is 5.94. The summed E-state index contributed by atoms with van der Waals surface area (Å²) in [4.78, 5) is 79.9. The number of aromatic hydroxyl groups is 4. The Labute approximate surface area is 279 Å². The van der Waals surface area contributed by atoms with Crippen molar-refractivity contribution in [3.8, 4) is 34.1 Å². The first kappa shape index (κ1) is 33.0. The van der Waals surface area contributed by atoms with Crippen LogP contribution in [0.4, 0.5) is 0 Å². The number of Topliss-reactive ketones (excluding diaryl/α,β-unsaturated/α-hetero) is 2. The number of nitrogens with one attached hydrogen (secondary N) is 1. The number of fused-ring (bicyclic) bond motifs is 3. The minimum absolute atomic E-state index is 0.0714. The quantitative estimate of drug-likeness (QED) is 0.0732. The zero-order valence-electron chi connectivity index (χ0n) is 26.1. The van der Waals surface area contributed by atoms with Gasteiger partial charge in [0.25, 0.3) is 5.91 Å². The predicted octanol–water partition coefficient (Wildman–Crippen LogP) is 4.62.